The number of rotatable bonds is 4. The minimum absolute atomic E-state index is 0.0118. The number of benzene rings is 1. The van der Waals surface area contributed by atoms with Crippen molar-refractivity contribution in [2.75, 3.05) is 13.7 Å². The van der Waals surface area contributed by atoms with Gasteiger partial charge in [-0.2, -0.15) is 0 Å². The molecule has 1 aromatic rings. The highest BCUT2D eigenvalue weighted by molar-refractivity contribution is 5.70. The van der Waals surface area contributed by atoms with Crippen LogP contribution in [0.15, 0.2) is 42.0 Å². The Bertz CT molecular complexity index is 621. The fourth-order valence-corrected chi connectivity index (χ4v) is 2.80. The monoisotopic (exact) mass is 363 g/mol. The van der Waals surface area contributed by atoms with Gasteiger partial charge < -0.3 is 19.3 Å². The number of carbonyl (C=O) groups is 1. The van der Waals surface area contributed by atoms with E-state index in [0.29, 0.717) is 38.1 Å². The van der Waals surface area contributed by atoms with Crippen LogP contribution in [0, 0.1) is 0 Å². The average Bonchev–Trinajstić information content (AvgIpc) is 2.81. The lowest BCUT2D eigenvalue weighted by molar-refractivity contribution is 0.0200. The van der Waals surface area contributed by atoms with E-state index in [1.165, 1.54) is 12.0 Å². The van der Waals surface area contributed by atoms with Gasteiger partial charge in [-0.25, -0.2) is 4.79 Å². The molecule has 0 spiro atoms. The molecule has 1 fully saturated rings. The van der Waals surface area contributed by atoms with Crippen LogP contribution >= 0.6 is 0 Å². The molecule has 1 heterocycles. The molecule has 1 saturated heterocycles. The normalized spacial score (nSPS) is 20.3. The van der Waals surface area contributed by atoms with E-state index >= 15 is 0 Å². The van der Waals surface area contributed by atoms with E-state index in [9.17, 15) is 9.90 Å². The van der Waals surface area contributed by atoms with E-state index in [4.69, 9.17) is 14.2 Å². The number of methoxy groups -OCH3 is 1. The van der Waals surface area contributed by atoms with Gasteiger partial charge in [-0.15, -0.1) is 0 Å². The van der Waals surface area contributed by atoms with E-state index in [0.717, 1.165) is 5.56 Å². The van der Waals surface area contributed by atoms with Crippen LogP contribution in [0.3, 0.4) is 0 Å². The van der Waals surface area contributed by atoms with Crippen molar-refractivity contribution < 1.29 is 24.1 Å². The molecule has 1 atom stereocenters. The molecule has 0 aliphatic carbocycles. The van der Waals surface area contributed by atoms with Gasteiger partial charge in [-0.1, -0.05) is 30.3 Å². The van der Waals surface area contributed by atoms with Crippen LogP contribution in [0.25, 0.3) is 0 Å². The maximum absolute atomic E-state index is 12.5. The third-order valence-corrected chi connectivity index (χ3v) is 4.09. The zero-order valence-corrected chi connectivity index (χ0v) is 16.0. The summed E-state index contributed by atoms with van der Waals surface area (Å²) < 4.78 is 16.4. The minimum Gasteiger partial charge on any atom is -0.480 e. The van der Waals surface area contributed by atoms with Crippen molar-refractivity contribution in [2.45, 2.75) is 58.3 Å². The van der Waals surface area contributed by atoms with Crippen LogP contribution in [0.2, 0.25) is 0 Å². The Hall–Kier alpha value is -2.21. The van der Waals surface area contributed by atoms with Crippen molar-refractivity contribution in [1.82, 2.24) is 4.90 Å². The van der Waals surface area contributed by atoms with E-state index in [1.54, 1.807) is 0 Å². The zero-order chi connectivity index (χ0) is 19.2. The zero-order valence-electron chi connectivity index (χ0n) is 16.0. The predicted molar refractivity (Wildman–Crippen MR) is 98.5 cm³/mol. The van der Waals surface area contributed by atoms with Crippen molar-refractivity contribution in [3.05, 3.63) is 47.5 Å². The van der Waals surface area contributed by atoms with E-state index in [2.05, 4.69) is 0 Å². The first-order valence-corrected chi connectivity index (χ1v) is 8.92. The molecule has 1 unspecified atom stereocenters. The molecule has 0 aromatic heterocycles. The van der Waals surface area contributed by atoms with Gasteiger partial charge in [0, 0.05) is 6.54 Å². The van der Waals surface area contributed by atoms with Crippen molar-refractivity contribution in [1.29, 1.82) is 0 Å². The summed E-state index contributed by atoms with van der Waals surface area (Å²) >= 11 is 0. The maximum atomic E-state index is 12.5. The Morgan fingerprint density at radius 3 is 2.54 bits per heavy atom. The lowest BCUT2D eigenvalue weighted by atomic mass is 10.1. The van der Waals surface area contributed by atoms with Crippen molar-refractivity contribution >= 4 is 6.09 Å². The Labute approximate surface area is 155 Å². The first-order valence-electron chi connectivity index (χ1n) is 8.92. The van der Waals surface area contributed by atoms with Gasteiger partial charge in [0.25, 0.3) is 5.95 Å². The van der Waals surface area contributed by atoms with E-state index in [-0.39, 0.29) is 12.0 Å². The first kappa shape index (κ1) is 20.1. The van der Waals surface area contributed by atoms with E-state index in [1.807, 2.05) is 51.1 Å². The molecule has 144 valence electrons. The highest BCUT2D eigenvalue weighted by Crippen LogP contribution is 2.27. The second kappa shape index (κ2) is 8.94. The standard InChI is InChI=1S/C20H29NO5/c1-20(2,3)26-19(23)21-13-12-16(10-11-17(21)18(22)24-4)25-14-15-8-6-5-7-9-15/h5-9,16,22H,10-14H2,1-4H3/b18-17+. The number of ether oxygens (including phenoxy) is 3. The summed E-state index contributed by atoms with van der Waals surface area (Å²) in [5, 5.41) is 10.1. The number of aliphatic hydroxyl groups excluding tert-OH is 1. The SMILES string of the molecule is CO/C(O)=C1\CCC(OCc2ccccc2)CCN1C(=O)OC(C)(C)C. The van der Waals surface area contributed by atoms with Crippen molar-refractivity contribution in [3.8, 4) is 0 Å². The number of hydrogen-bond donors (Lipinski definition) is 1. The highest BCUT2D eigenvalue weighted by atomic mass is 16.6. The molecular formula is C20H29NO5. The van der Waals surface area contributed by atoms with Crippen molar-refractivity contribution in [2.24, 2.45) is 0 Å². The molecule has 1 N–H and O–H groups in total. The third-order valence-electron chi connectivity index (χ3n) is 4.09. The third kappa shape index (κ3) is 5.95. The summed E-state index contributed by atoms with van der Waals surface area (Å²) in [5.74, 6) is -0.250. The molecule has 0 bridgehead atoms. The molecule has 6 heteroatoms. The molecule has 26 heavy (non-hydrogen) atoms. The molecule has 0 saturated carbocycles. The summed E-state index contributed by atoms with van der Waals surface area (Å²) in [7, 11) is 1.38. The van der Waals surface area contributed by atoms with Crippen LogP contribution in [-0.4, -0.2) is 41.5 Å². The van der Waals surface area contributed by atoms with Gasteiger partial charge in [0.15, 0.2) is 0 Å². The largest absolute Gasteiger partial charge is 0.480 e. The Kier molecular flexibility index (Phi) is 6.91. The molecular weight excluding hydrogens is 334 g/mol. The van der Waals surface area contributed by atoms with Gasteiger partial charge in [0.1, 0.15) is 11.3 Å². The Morgan fingerprint density at radius 2 is 1.92 bits per heavy atom. The molecule has 1 amide bonds. The second-order valence-corrected chi connectivity index (χ2v) is 7.33. The quantitative estimate of drug-likeness (QED) is 0.805. The van der Waals surface area contributed by atoms with Crippen molar-refractivity contribution in [3.63, 3.8) is 0 Å². The first-order chi connectivity index (χ1) is 12.3. The average molecular weight is 363 g/mol. The summed E-state index contributed by atoms with van der Waals surface area (Å²) in [4.78, 5) is 14.0. The predicted octanol–water partition coefficient (Wildman–Crippen LogP) is 4.37. The number of allylic oxidation sites excluding steroid dienone is 1. The number of carbonyl (C=O) groups excluding carboxylic acids is 1. The number of amides is 1. The number of nitrogens with zero attached hydrogens (tertiary/aromatic N) is 1. The van der Waals surface area contributed by atoms with Crippen LogP contribution in [0.5, 0.6) is 0 Å². The summed E-state index contributed by atoms with van der Waals surface area (Å²) in [6, 6.07) is 9.97. The Morgan fingerprint density at radius 1 is 1.23 bits per heavy atom. The minimum atomic E-state index is -0.611. The molecule has 1 aliphatic heterocycles. The lowest BCUT2D eigenvalue weighted by Gasteiger charge is -2.27. The van der Waals surface area contributed by atoms with Gasteiger partial charge >= 0.3 is 6.09 Å². The van der Waals surface area contributed by atoms with Crippen LogP contribution in [-0.2, 0) is 20.8 Å². The van der Waals surface area contributed by atoms with Crippen LogP contribution in [0.1, 0.15) is 45.6 Å². The van der Waals surface area contributed by atoms with E-state index < -0.39 is 11.7 Å². The number of likely N-dealkylation sites (tertiary alicyclic amines) is 1. The molecule has 2 rings (SSSR count). The van der Waals surface area contributed by atoms with Crippen LogP contribution < -0.4 is 0 Å². The number of hydrogen-bond acceptors (Lipinski definition) is 5. The summed E-state index contributed by atoms with van der Waals surface area (Å²) in [6.45, 7) is 6.36. The van der Waals surface area contributed by atoms with Crippen LogP contribution in [0.4, 0.5) is 4.79 Å². The smallest absolute Gasteiger partial charge is 0.414 e. The molecule has 0 radical (unpaired) electrons. The summed E-state index contributed by atoms with van der Waals surface area (Å²) in [6.07, 6.45) is 1.32. The number of aliphatic hydroxyl groups is 1. The lowest BCUT2D eigenvalue weighted by Crippen LogP contribution is -2.37. The van der Waals surface area contributed by atoms with Gasteiger partial charge in [0.2, 0.25) is 0 Å². The molecule has 1 aliphatic rings. The van der Waals surface area contributed by atoms with Gasteiger partial charge in [-0.05, 0) is 45.6 Å². The fourth-order valence-electron chi connectivity index (χ4n) is 2.80. The summed E-state index contributed by atoms with van der Waals surface area (Å²) in [5.41, 5.74) is 0.934. The molecule has 1 aromatic carbocycles. The molecule has 6 nitrogen and oxygen atoms in total. The fraction of sp³-hybridized carbons (Fsp3) is 0.550. The topological polar surface area (TPSA) is 68.2 Å². The van der Waals surface area contributed by atoms with Gasteiger partial charge in [-0.3, -0.25) is 4.90 Å². The van der Waals surface area contributed by atoms with Gasteiger partial charge in [0.05, 0.1) is 19.8 Å². The maximum Gasteiger partial charge on any atom is 0.414 e. The second-order valence-electron chi connectivity index (χ2n) is 7.33. The highest BCUT2D eigenvalue weighted by Gasteiger charge is 2.31. The Balaban J connectivity index is 2.06.